The van der Waals surface area contributed by atoms with Gasteiger partial charge in [0.15, 0.2) is 0 Å². The van der Waals surface area contributed by atoms with Crippen LogP contribution in [0.15, 0.2) is 0 Å². The molecule has 1 aliphatic carbocycles. The average Bonchev–Trinajstić information content (AvgIpc) is 2.22. The number of nitriles is 1. The van der Waals surface area contributed by atoms with E-state index in [0.717, 1.165) is 19.3 Å². The molecular weight excluding hydrogens is 182 g/mol. The van der Waals surface area contributed by atoms with Gasteiger partial charge in [0.05, 0.1) is 11.5 Å². The van der Waals surface area contributed by atoms with Gasteiger partial charge in [-0.25, -0.2) is 0 Å². The zero-order valence-electron chi connectivity index (χ0n) is 10.8. The van der Waals surface area contributed by atoms with E-state index in [2.05, 4.69) is 33.8 Å². The maximum absolute atomic E-state index is 9.41. The van der Waals surface area contributed by atoms with E-state index in [4.69, 9.17) is 0 Å². The molecule has 0 saturated heterocycles. The summed E-state index contributed by atoms with van der Waals surface area (Å²) >= 11 is 0. The molecule has 0 amide bonds. The van der Waals surface area contributed by atoms with Crippen LogP contribution in [0.4, 0.5) is 0 Å². The van der Waals surface area contributed by atoms with Gasteiger partial charge < -0.3 is 0 Å². The Hall–Kier alpha value is -0.510. The topological polar surface area (TPSA) is 23.8 Å². The van der Waals surface area contributed by atoms with Crippen LogP contribution in [-0.2, 0) is 0 Å². The SMILES string of the molecule is CCC(C)CC1(C#N)CCC(C)(C)CC1. The molecule has 1 unspecified atom stereocenters. The van der Waals surface area contributed by atoms with Gasteiger partial charge in [-0.1, -0.05) is 34.1 Å². The summed E-state index contributed by atoms with van der Waals surface area (Å²) in [5, 5.41) is 9.41. The highest BCUT2D eigenvalue weighted by atomic mass is 14.4. The van der Waals surface area contributed by atoms with Crippen molar-refractivity contribution in [3.05, 3.63) is 0 Å². The van der Waals surface area contributed by atoms with Crippen LogP contribution in [0.5, 0.6) is 0 Å². The summed E-state index contributed by atoms with van der Waals surface area (Å²) in [7, 11) is 0. The first-order valence-corrected chi connectivity index (χ1v) is 6.34. The summed E-state index contributed by atoms with van der Waals surface area (Å²) in [6.45, 7) is 9.16. The Balaban J connectivity index is 2.61. The van der Waals surface area contributed by atoms with E-state index >= 15 is 0 Å². The van der Waals surface area contributed by atoms with E-state index < -0.39 is 0 Å². The van der Waals surface area contributed by atoms with E-state index in [1.165, 1.54) is 19.3 Å². The van der Waals surface area contributed by atoms with Gasteiger partial charge in [0, 0.05) is 0 Å². The molecule has 1 aliphatic rings. The molecule has 0 bridgehead atoms. The van der Waals surface area contributed by atoms with Gasteiger partial charge in [-0.05, 0) is 43.4 Å². The van der Waals surface area contributed by atoms with Gasteiger partial charge in [0.25, 0.3) is 0 Å². The lowest BCUT2D eigenvalue weighted by Gasteiger charge is -2.40. The molecule has 0 aromatic carbocycles. The third-order valence-corrected chi connectivity index (χ3v) is 4.23. The minimum atomic E-state index is 0.00491. The lowest BCUT2D eigenvalue weighted by molar-refractivity contribution is 0.123. The number of nitrogens with zero attached hydrogens (tertiary/aromatic N) is 1. The summed E-state index contributed by atoms with van der Waals surface area (Å²) in [6.07, 6.45) is 6.97. The molecule has 0 aromatic rings. The smallest absolute Gasteiger partial charge is 0.0689 e. The number of hydrogen-bond acceptors (Lipinski definition) is 1. The zero-order chi connectivity index (χ0) is 11.5. The summed E-state index contributed by atoms with van der Waals surface area (Å²) in [5.74, 6) is 0.700. The van der Waals surface area contributed by atoms with E-state index in [1.807, 2.05) is 0 Å². The Morgan fingerprint density at radius 2 is 1.73 bits per heavy atom. The van der Waals surface area contributed by atoms with Crippen LogP contribution in [0, 0.1) is 28.1 Å². The molecule has 1 atom stereocenters. The molecule has 1 saturated carbocycles. The highest BCUT2D eigenvalue weighted by Crippen LogP contribution is 2.47. The van der Waals surface area contributed by atoms with E-state index in [0.29, 0.717) is 11.3 Å². The van der Waals surface area contributed by atoms with E-state index in [9.17, 15) is 5.26 Å². The molecule has 1 heteroatoms. The van der Waals surface area contributed by atoms with Crippen molar-refractivity contribution in [2.75, 3.05) is 0 Å². The Morgan fingerprint density at radius 3 is 2.13 bits per heavy atom. The molecule has 1 fully saturated rings. The fourth-order valence-corrected chi connectivity index (χ4v) is 2.58. The highest BCUT2D eigenvalue weighted by molar-refractivity contribution is 5.03. The van der Waals surface area contributed by atoms with Crippen LogP contribution in [0.3, 0.4) is 0 Å². The van der Waals surface area contributed by atoms with Crippen LogP contribution in [-0.4, -0.2) is 0 Å². The van der Waals surface area contributed by atoms with Gasteiger partial charge >= 0.3 is 0 Å². The summed E-state index contributed by atoms with van der Waals surface area (Å²) in [5.41, 5.74) is 0.473. The number of hydrogen-bond donors (Lipinski definition) is 0. The maximum atomic E-state index is 9.41. The first-order valence-electron chi connectivity index (χ1n) is 6.34. The first-order chi connectivity index (χ1) is 6.93. The average molecular weight is 207 g/mol. The largest absolute Gasteiger partial charge is 0.198 e. The molecule has 0 aliphatic heterocycles. The minimum Gasteiger partial charge on any atom is -0.198 e. The van der Waals surface area contributed by atoms with Gasteiger partial charge in [0.1, 0.15) is 0 Å². The second kappa shape index (κ2) is 4.56. The van der Waals surface area contributed by atoms with Crippen LogP contribution in [0.2, 0.25) is 0 Å². The molecule has 0 radical (unpaired) electrons. The Kier molecular flexibility index (Phi) is 3.82. The quantitative estimate of drug-likeness (QED) is 0.667. The maximum Gasteiger partial charge on any atom is 0.0689 e. The highest BCUT2D eigenvalue weighted by Gasteiger charge is 2.38. The molecule has 1 nitrogen and oxygen atoms in total. The normalized spacial score (nSPS) is 25.5. The van der Waals surface area contributed by atoms with Crippen LogP contribution < -0.4 is 0 Å². The third-order valence-electron chi connectivity index (χ3n) is 4.23. The molecule has 15 heavy (non-hydrogen) atoms. The molecule has 0 spiro atoms. The monoisotopic (exact) mass is 207 g/mol. The van der Waals surface area contributed by atoms with Crippen molar-refractivity contribution in [1.82, 2.24) is 0 Å². The van der Waals surface area contributed by atoms with Gasteiger partial charge in [-0.2, -0.15) is 5.26 Å². The third kappa shape index (κ3) is 3.23. The van der Waals surface area contributed by atoms with Gasteiger partial charge in [0.2, 0.25) is 0 Å². The van der Waals surface area contributed by atoms with Gasteiger partial charge in [-0.3, -0.25) is 0 Å². The summed E-state index contributed by atoms with van der Waals surface area (Å²) < 4.78 is 0. The van der Waals surface area contributed by atoms with Gasteiger partial charge in [-0.15, -0.1) is 0 Å². The lowest BCUT2D eigenvalue weighted by Crippen LogP contribution is -2.31. The predicted octanol–water partition coefficient (Wildman–Crippen LogP) is 4.53. The van der Waals surface area contributed by atoms with E-state index in [1.54, 1.807) is 0 Å². The van der Waals surface area contributed by atoms with Crippen LogP contribution in [0.1, 0.15) is 66.2 Å². The van der Waals surface area contributed by atoms with Crippen LogP contribution >= 0.6 is 0 Å². The van der Waals surface area contributed by atoms with E-state index in [-0.39, 0.29) is 5.41 Å². The molecule has 0 N–H and O–H groups in total. The summed E-state index contributed by atoms with van der Waals surface area (Å²) in [4.78, 5) is 0. The van der Waals surface area contributed by atoms with Crippen LogP contribution in [0.25, 0.3) is 0 Å². The van der Waals surface area contributed by atoms with Crippen molar-refractivity contribution in [1.29, 1.82) is 5.26 Å². The van der Waals surface area contributed by atoms with Crippen molar-refractivity contribution in [3.8, 4) is 6.07 Å². The minimum absolute atomic E-state index is 0.00491. The summed E-state index contributed by atoms with van der Waals surface area (Å²) in [6, 6.07) is 2.62. The fourth-order valence-electron chi connectivity index (χ4n) is 2.58. The molecular formula is C14H25N. The molecule has 1 rings (SSSR count). The molecule has 86 valence electrons. The second-order valence-electron chi connectivity index (χ2n) is 6.27. The van der Waals surface area contributed by atoms with Crippen molar-refractivity contribution >= 4 is 0 Å². The first kappa shape index (κ1) is 12.6. The predicted molar refractivity (Wildman–Crippen MR) is 64.4 cm³/mol. The zero-order valence-corrected chi connectivity index (χ0v) is 10.8. The lowest BCUT2D eigenvalue weighted by atomic mass is 9.63. The Labute approximate surface area is 94.9 Å². The fraction of sp³-hybridized carbons (Fsp3) is 0.929. The molecule has 0 aromatic heterocycles. The Bertz CT molecular complexity index is 237. The van der Waals surface area contributed by atoms with Crippen molar-refractivity contribution in [2.24, 2.45) is 16.7 Å². The number of rotatable bonds is 3. The second-order valence-corrected chi connectivity index (χ2v) is 6.27. The van der Waals surface area contributed by atoms with Crippen molar-refractivity contribution < 1.29 is 0 Å². The Morgan fingerprint density at radius 1 is 1.20 bits per heavy atom. The van der Waals surface area contributed by atoms with Crippen molar-refractivity contribution in [3.63, 3.8) is 0 Å². The van der Waals surface area contributed by atoms with Crippen molar-refractivity contribution in [2.45, 2.75) is 66.2 Å². The standard InChI is InChI=1S/C14H25N/c1-5-12(2)10-14(11-15)8-6-13(3,4)7-9-14/h12H,5-10H2,1-4H3. The molecule has 0 heterocycles.